The molecule has 5 rings (SSSR count). The Hall–Kier alpha value is -3.70. The first-order chi connectivity index (χ1) is 20.2. The minimum Gasteiger partial charge on any atom is -0.265 e. The van der Waals surface area contributed by atoms with Gasteiger partial charge in [0.05, 0.1) is 28.2 Å². The van der Waals surface area contributed by atoms with Crippen molar-refractivity contribution in [3.8, 4) is 22.3 Å². The summed E-state index contributed by atoms with van der Waals surface area (Å²) in [5.74, 6) is 0. The van der Waals surface area contributed by atoms with E-state index in [-0.39, 0.29) is 0 Å². The van der Waals surface area contributed by atoms with Gasteiger partial charge < -0.3 is 0 Å². The minimum atomic E-state index is -1.59. The van der Waals surface area contributed by atoms with Gasteiger partial charge in [-0.15, -0.1) is 0 Å². The molecule has 0 radical (unpaired) electrons. The molecule has 0 saturated carbocycles. The van der Waals surface area contributed by atoms with Crippen molar-refractivity contribution in [3.63, 3.8) is 0 Å². The van der Waals surface area contributed by atoms with E-state index in [0.29, 0.717) is 0 Å². The summed E-state index contributed by atoms with van der Waals surface area (Å²) < 4.78 is 9.86. The Morgan fingerprint density at radius 3 is 1.14 bits per heavy atom. The van der Waals surface area contributed by atoms with E-state index in [0.717, 1.165) is 0 Å². The molecule has 0 spiro atoms. The number of imidazole rings is 2. The fourth-order valence-electron chi connectivity index (χ4n) is 7.50. The molecule has 0 bridgehead atoms. The SMILES string of the molecule is Cc1cc(C)c(-c2cccc(-c3c(C)cc(C)cc3C)c2[Si-](c2n(C)c(C)c(C)[n+]2C)c2n(C)c(C)c(C)[n+]2C)c(C)c1. The van der Waals surface area contributed by atoms with Gasteiger partial charge in [-0.2, -0.15) is 5.19 Å². The molecular formula is C38H49N4Si+. The number of hydrogen-bond acceptors (Lipinski definition) is 0. The minimum absolute atomic E-state index is 1.31. The van der Waals surface area contributed by atoms with Gasteiger partial charge in [0.15, 0.2) is 0 Å². The third-order valence-electron chi connectivity index (χ3n) is 9.98. The number of rotatable bonds is 5. The molecule has 2 aromatic heterocycles. The molecule has 224 valence electrons. The largest absolute Gasteiger partial charge is 0.265 e. The Labute approximate surface area is 260 Å². The summed E-state index contributed by atoms with van der Waals surface area (Å²) in [6, 6.07) is 16.5. The van der Waals surface area contributed by atoms with Gasteiger partial charge in [-0.05, 0) is 94.8 Å². The highest BCUT2D eigenvalue weighted by atomic mass is 28.3. The molecule has 5 aromatic rings. The Bertz CT molecular complexity index is 1690. The Kier molecular flexibility index (Phi) is 7.93. The molecule has 0 saturated heterocycles. The topological polar surface area (TPSA) is 17.6 Å². The maximum atomic E-state index is 2.46. The van der Waals surface area contributed by atoms with Crippen LogP contribution in [0.15, 0.2) is 42.5 Å². The van der Waals surface area contributed by atoms with E-state index in [1.54, 1.807) is 0 Å². The lowest BCUT2D eigenvalue weighted by atomic mass is 9.89. The van der Waals surface area contributed by atoms with E-state index in [2.05, 4.69) is 158 Å². The highest BCUT2D eigenvalue weighted by Gasteiger charge is 2.33. The van der Waals surface area contributed by atoms with Crippen molar-refractivity contribution in [2.45, 2.75) is 69.2 Å². The van der Waals surface area contributed by atoms with Gasteiger partial charge in [0, 0.05) is 27.7 Å². The van der Waals surface area contributed by atoms with Gasteiger partial charge in [-0.25, -0.2) is 0 Å². The molecule has 0 atom stereocenters. The van der Waals surface area contributed by atoms with Crippen molar-refractivity contribution in [3.05, 3.63) is 98.6 Å². The summed E-state index contributed by atoms with van der Waals surface area (Å²) in [6.07, 6.45) is 0. The Balaban J connectivity index is 2.07. The number of aryl methyl sites for hydroxylation is 6. The molecule has 5 heteroatoms. The lowest BCUT2D eigenvalue weighted by molar-refractivity contribution is -0.664. The van der Waals surface area contributed by atoms with Crippen LogP contribution in [0.1, 0.15) is 56.2 Å². The van der Waals surface area contributed by atoms with E-state index in [1.807, 2.05) is 0 Å². The van der Waals surface area contributed by atoms with Crippen LogP contribution in [0.3, 0.4) is 0 Å². The van der Waals surface area contributed by atoms with E-state index >= 15 is 0 Å². The summed E-state index contributed by atoms with van der Waals surface area (Å²) in [4.78, 5) is 0. The maximum Gasteiger partial charge on any atom is 0.139 e. The first-order valence-electron chi connectivity index (χ1n) is 15.4. The van der Waals surface area contributed by atoms with E-state index in [9.17, 15) is 0 Å². The second-order valence-electron chi connectivity index (χ2n) is 12.9. The first kappa shape index (κ1) is 30.7. The van der Waals surface area contributed by atoms with Crippen LogP contribution in [0.5, 0.6) is 0 Å². The zero-order chi connectivity index (χ0) is 31.7. The highest BCUT2D eigenvalue weighted by Crippen LogP contribution is 2.34. The fraction of sp³-hybridized carbons (Fsp3) is 0.368. The standard InChI is InChI=1S/C38H49N4Si/c1-22-18-24(3)34(25(4)19-22)32-16-15-17-33(35-26(5)20-23(2)21-27(35)6)36(32)43(37-39(11)28(7)29(8)40(37)12)38-41(13)30(9)31(10)42(38)14/h15-21H,1-14H3/q+1. The molecule has 2 heterocycles. The molecule has 0 aliphatic heterocycles. The lowest BCUT2D eigenvalue weighted by Crippen LogP contribution is -2.73. The summed E-state index contributed by atoms with van der Waals surface area (Å²) in [6.45, 7) is 22.6. The Morgan fingerprint density at radius 2 is 0.860 bits per heavy atom. The van der Waals surface area contributed by atoms with Gasteiger partial charge in [0.1, 0.15) is 33.7 Å². The van der Waals surface area contributed by atoms with Crippen LogP contribution in [0.4, 0.5) is 0 Å². The zero-order valence-corrected chi connectivity index (χ0v) is 29.8. The van der Waals surface area contributed by atoms with Crippen LogP contribution in [-0.2, 0) is 28.2 Å². The number of aromatic nitrogens is 4. The summed E-state index contributed by atoms with van der Waals surface area (Å²) in [5.41, 5.74) is 21.4. The van der Waals surface area contributed by atoms with Crippen LogP contribution >= 0.6 is 0 Å². The first-order valence-corrected chi connectivity index (χ1v) is 16.9. The highest BCUT2D eigenvalue weighted by molar-refractivity contribution is 6.94. The molecule has 4 nitrogen and oxygen atoms in total. The van der Waals surface area contributed by atoms with Crippen molar-refractivity contribution in [2.24, 2.45) is 28.2 Å². The molecule has 0 amide bonds. The third kappa shape index (κ3) is 4.82. The van der Waals surface area contributed by atoms with Crippen LogP contribution < -0.4 is 25.2 Å². The van der Waals surface area contributed by atoms with Crippen molar-refractivity contribution < 1.29 is 9.13 Å². The average Bonchev–Trinajstić information content (AvgIpc) is 3.23. The third-order valence-corrected chi connectivity index (χ3v) is 13.3. The zero-order valence-electron chi connectivity index (χ0n) is 28.8. The average molecular weight is 590 g/mol. The van der Waals surface area contributed by atoms with E-state index in [4.69, 9.17) is 0 Å². The fourth-order valence-corrected chi connectivity index (χ4v) is 11.1. The predicted molar refractivity (Wildman–Crippen MR) is 183 cm³/mol. The van der Waals surface area contributed by atoms with Crippen molar-refractivity contribution >= 4 is 24.9 Å². The van der Waals surface area contributed by atoms with Gasteiger partial charge in [-0.3, -0.25) is 18.3 Å². The number of hydrogen-bond donors (Lipinski definition) is 0. The van der Waals surface area contributed by atoms with Crippen molar-refractivity contribution in [1.82, 2.24) is 9.13 Å². The monoisotopic (exact) mass is 589 g/mol. The molecule has 0 aliphatic rings. The summed E-state index contributed by atoms with van der Waals surface area (Å²) >= 11 is 0. The molecule has 0 N–H and O–H groups in total. The van der Waals surface area contributed by atoms with Crippen LogP contribution in [-0.4, -0.2) is 17.9 Å². The van der Waals surface area contributed by atoms with Crippen LogP contribution in [0.25, 0.3) is 22.3 Å². The van der Waals surface area contributed by atoms with Gasteiger partial charge >= 0.3 is 0 Å². The quantitative estimate of drug-likeness (QED) is 0.204. The predicted octanol–water partition coefficient (Wildman–Crippen LogP) is 4.95. The summed E-state index contributed by atoms with van der Waals surface area (Å²) in [7, 11) is 7.46. The molecular weight excluding hydrogens is 541 g/mol. The van der Waals surface area contributed by atoms with Gasteiger partial charge in [-0.1, -0.05) is 53.6 Å². The van der Waals surface area contributed by atoms with Crippen molar-refractivity contribution in [1.29, 1.82) is 0 Å². The van der Waals surface area contributed by atoms with E-state index < -0.39 is 8.80 Å². The second-order valence-corrected chi connectivity index (χ2v) is 15.0. The summed E-state index contributed by atoms with van der Waals surface area (Å²) in [5, 5.41) is 1.46. The second kappa shape index (κ2) is 11.1. The number of nitrogens with zero attached hydrogens (tertiary/aromatic N) is 4. The smallest absolute Gasteiger partial charge is 0.139 e. The van der Waals surface area contributed by atoms with Crippen LogP contribution in [0.2, 0.25) is 0 Å². The van der Waals surface area contributed by atoms with Crippen LogP contribution in [0, 0.1) is 69.2 Å². The van der Waals surface area contributed by atoms with Gasteiger partial charge in [0.2, 0.25) is 0 Å². The molecule has 0 fully saturated rings. The maximum absolute atomic E-state index is 2.46. The lowest BCUT2D eigenvalue weighted by Gasteiger charge is -2.33. The molecule has 3 aromatic carbocycles. The molecule has 0 unspecified atom stereocenters. The van der Waals surface area contributed by atoms with Gasteiger partial charge in [0.25, 0.3) is 0 Å². The van der Waals surface area contributed by atoms with E-state index in [1.165, 1.54) is 94.5 Å². The van der Waals surface area contributed by atoms with Crippen molar-refractivity contribution in [2.75, 3.05) is 0 Å². The Morgan fingerprint density at radius 1 is 0.535 bits per heavy atom. The number of benzene rings is 3. The molecule has 43 heavy (non-hydrogen) atoms. The molecule has 0 aliphatic carbocycles. The normalized spacial score (nSPS) is 11.5.